The fraction of sp³-hybridized carbons (Fsp3) is 0.769. The largest absolute Gasteiger partial charge is 0.316 e. The van der Waals surface area contributed by atoms with Crippen LogP contribution in [0, 0.1) is 12.8 Å². The Morgan fingerprint density at radius 2 is 2.12 bits per heavy atom. The third-order valence-corrected chi connectivity index (χ3v) is 3.67. The van der Waals surface area contributed by atoms with E-state index in [0.717, 1.165) is 30.4 Å². The van der Waals surface area contributed by atoms with Crippen LogP contribution in [0.1, 0.15) is 37.9 Å². The highest BCUT2D eigenvalue weighted by Gasteiger charge is 2.15. The van der Waals surface area contributed by atoms with E-state index < -0.39 is 0 Å². The Morgan fingerprint density at radius 1 is 1.41 bits per heavy atom. The quantitative estimate of drug-likeness (QED) is 0.762. The van der Waals surface area contributed by atoms with Crippen molar-refractivity contribution in [3.8, 4) is 0 Å². The van der Waals surface area contributed by atoms with Gasteiger partial charge in [-0.1, -0.05) is 31.9 Å². The van der Waals surface area contributed by atoms with E-state index >= 15 is 0 Å². The van der Waals surface area contributed by atoms with Crippen LogP contribution in [-0.4, -0.2) is 22.9 Å². The van der Waals surface area contributed by atoms with Gasteiger partial charge in [0.1, 0.15) is 5.15 Å². The van der Waals surface area contributed by atoms with Crippen molar-refractivity contribution in [1.82, 2.24) is 15.1 Å². The van der Waals surface area contributed by atoms with Gasteiger partial charge in [-0.15, -0.1) is 0 Å². The fourth-order valence-corrected chi connectivity index (χ4v) is 2.29. The van der Waals surface area contributed by atoms with Crippen LogP contribution < -0.4 is 5.32 Å². The highest BCUT2D eigenvalue weighted by atomic mass is 35.5. The standard InChI is InChI=1S/C13H24ClN3/c1-5-7-15-9-11(6-2)8-12-10(3)16-17(4)13(12)14/h11,15H,5-9H2,1-4H3. The van der Waals surface area contributed by atoms with Gasteiger partial charge in [0.05, 0.1) is 5.69 Å². The molecule has 0 saturated heterocycles. The van der Waals surface area contributed by atoms with Crippen LogP contribution in [0.2, 0.25) is 5.15 Å². The molecular formula is C13H24ClN3. The summed E-state index contributed by atoms with van der Waals surface area (Å²) in [6, 6.07) is 0. The molecule has 0 fully saturated rings. The van der Waals surface area contributed by atoms with Crippen LogP contribution in [-0.2, 0) is 13.5 Å². The Morgan fingerprint density at radius 3 is 2.59 bits per heavy atom. The lowest BCUT2D eigenvalue weighted by Crippen LogP contribution is -2.24. The van der Waals surface area contributed by atoms with Crippen molar-refractivity contribution in [2.24, 2.45) is 13.0 Å². The van der Waals surface area contributed by atoms with Crippen LogP contribution in [0.25, 0.3) is 0 Å². The molecule has 1 atom stereocenters. The van der Waals surface area contributed by atoms with Crippen molar-refractivity contribution in [2.45, 2.75) is 40.0 Å². The van der Waals surface area contributed by atoms with Crippen molar-refractivity contribution < 1.29 is 0 Å². The normalized spacial score (nSPS) is 13.0. The Bertz CT molecular complexity index is 347. The van der Waals surface area contributed by atoms with Gasteiger partial charge in [-0.2, -0.15) is 5.10 Å². The lowest BCUT2D eigenvalue weighted by molar-refractivity contribution is 0.460. The second-order valence-corrected chi connectivity index (χ2v) is 5.02. The summed E-state index contributed by atoms with van der Waals surface area (Å²) in [6.45, 7) is 8.62. The molecule has 17 heavy (non-hydrogen) atoms. The molecule has 3 nitrogen and oxygen atoms in total. The van der Waals surface area contributed by atoms with E-state index in [9.17, 15) is 0 Å². The van der Waals surface area contributed by atoms with Gasteiger partial charge in [0.25, 0.3) is 0 Å². The van der Waals surface area contributed by atoms with Gasteiger partial charge in [0.2, 0.25) is 0 Å². The monoisotopic (exact) mass is 257 g/mol. The maximum atomic E-state index is 6.26. The lowest BCUT2D eigenvalue weighted by Gasteiger charge is -2.15. The smallest absolute Gasteiger partial charge is 0.130 e. The van der Waals surface area contributed by atoms with E-state index in [-0.39, 0.29) is 0 Å². The molecule has 1 rings (SSSR count). The Hall–Kier alpha value is -0.540. The lowest BCUT2D eigenvalue weighted by atomic mass is 9.97. The SMILES string of the molecule is CCCNCC(CC)Cc1c(C)nn(C)c1Cl. The summed E-state index contributed by atoms with van der Waals surface area (Å²) >= 11 is 6.26. The molecule has 0 aromatic carbocycles. The Kier molecular flexibility index (Phi) is 6.00. The zero-order valence-corrected chi connectivity index (χ0v) is 12.1. The number of rotatable bonds is 7. The highest BCUT2D eigenvalue weighted by molar-refractivity contribution is 6.30. The van der Waals surface area contributed by atoms with Crippen LogP contribution in [0.3, 0.4) is 0 Å². The average molecular weight is 258 g/mol. The Balaban J connectivity index is 2.60. The molecule has 0 radical (unpaired) electrons. The summed E-state index contributed by atoms with van der Waals surface area (Å²) in [5.74, 6) is 0.641. The summed E-state index contributed by atoms with van der Waals surface area (Å²) in [6.07, 6.45) is 3.37. The molecule has 0 amide bonds. The van der Waals surface area contributed by atoms with Crippen LogP contribution in [0.5, 0.6) is 0 Å². The zero-order chi connectivity index (χ0) is 12.8. The van der Waals surface area contributed by atoms with Gasteiger partial charge in [-0.3, -0.25) is 4.68 Å². The molecule has 1 N–H and O–H groups in total. The molecule has 0 aliphatic rings. The van der Waals surface area contributed by atoms with E-state index in [1.165, 1.54) is 18.4 Å². The second kappa shape index (κ2) is 7.02. The van der Waals surface area contributed by atoms with Crippen molar-refractivity contribution in [3.63, 3.8) is 0 Å². The summed E-state index contributed by atoms with van der Waals surface area (Å²) in [5.41, 5.74) is 2.27. The minimum atomic E-state index is 0.641. The van der Waals surface area contributed by atoms with Gasteiger partial charge in [-0.05, 0) is 38.8 Å². The molecule has 1 unspecified atom stereocenters. The topological polar surface area (TPSA) is 29.9 Å². The molecule has 0 saturated carbocycles. The first-order valence-corrected chi connectivity index (χ1v) is 6.86. The summed E-state index contributed by atoms with van der Waals surface area (Å²) in [7, 11) is 1.90. The number of nitrogens with zero attached hydrogens (tertiary/aromatic N) is 2. The number of hydrogen-bond acceptors (Lipinski definition) is 2. The predicted molar refractivity (Wildman–Crippen MR) is 73.6 cm³/mol. The minimum absolute atomic E-state index is 0.641. The van der Waals surface area contributed by atoms with E-state index in [1.807, 2.05) is 14.0 Å². The molecule has 0 aliphatic carbocycles. The molecule has 0 bridgehead atoms. The van der Waals surface area contributed by atoms with Crippen LogP contribution in [0.4, 0.5) is 0 Å². The molecular weight excluding hydrogens is 234 g/mol. The number of aryl methyl sites for hydroxylation is 2. The first-order valence-electron chi connectivity index (χ1n) is 6.48. The molecule has 1 aromatic rings. The number of aromatic nitrogens is 2. The van der Waals surface area contributed by atoms with E-state index in [1.54, 1.807) is 4.68 Å². The van der Waals surface area contributed by atoms with E-state index in [2.05, 4.69) is 24.3 Å². The van der Waals surface area contributed by atoms with Crippen molar-refractivity contribution in [1.29, 1.82) is 0 Å². The Labute approximate surface area is 110 Å². The van der Waals surface area contributed by atoms with Crippen molar-refractivity contribution in [3.05, 3.63) is 16.4 Å². The molecule has 0 aliphatic heterocycles. The molecule has 0 spiro atoms. The molecule has 1 aromatic heterocycles. The maximum absolute atomic E-state index is 6.26. The third-order valence-electron chi connectivity index (χ3n) is 3.20. The molecule has 1 heterocycles. The summed E-state index contributed by atoms with van der Waals surface area (Å²) in [5, 5.41) is 8.63. The van der Waals surface area contributed by atoms with Gasteiger partial charge in [0.15, 0.2) is 0 Å². The first-order chi connectivity index (χ1) is 8.10. The van der Waals surface area contributed by atoms with Crippen molar-refractivity contribution >= 4 is 11.6 Å². The predicted octanol–water partition coefficient (Wildman–Crippen LogP) is 2.95. The van der Waals surface area contributed by atoms with Gasteiger partial charge in [0, 0.05) is 12.6 Å². The fourth-order valence-electron chi connectivity index (χ4n) is 2.04. The maximum Gasteiger partial charge on any atom is 0.130 e. The number of hydrogen-bond donors (Lipinski definition) is 1. The summed E-state index contributed by atoms with van der Waals surface area (Å²) < 4.78 is 1.76. The summed E-state index contributed by atoms with van der Waals surface area (Å²) in [4.78, 5) is 0. The van der Waals surface area contributed by atoms with E-state index in [4.69, 9.17) is 11.6 Å². The first kappa shape index (κ1) is 14.5. The number of nitrogens with one attached hydrogen (secondary N) is 1. The zero-order valence-electron chi connectivity index (χ0n) is 11.4. The van der Waals surface area contributed by atoms with Crippen molar-refractivity contribution in [2.75, 3.05) is 13.1 Å². The molecule has 4 heteroatoms. The highest BCUT2D eigenvalue weighted by Crippen LogP contribution is 2.23. The van der Waals surface area contributed by atoms with Gasteiger partial charge < -0.3 is 5.32 Å². The molecule has 98 valence electrons. The third kappa shape index (κ3) is 4.00. The van der Waals surface area contributed by atoms with Crippen LogP contribution in [0.15, 0.2) is 0 Å². The van der Waals surface area contributed by atoms with Crippen LogP contribution >= 0.6 is 11.6 Å². The van der Waals surface area contributed by atoms with E-state index in [0.29, 0.717) is 5.92 Å². The average Bonchev–Trinajstić information content (AvgIpc) is 2.54. The minimum Gasteiger partial charge on any atom is -0.316 e. The van der Waals surface area contributed by atoms with Gasteiger partial charge in [-0.25, -0.2) is 0 Å². The second-order valence-electron chi connectivity index (χ2n) is 4.66. The van der Waals surface area contributed by atoms with Gasteiger partial charge >= 0.3 is 0 Å². The number of halogens is 1.